The second-order valence-electron chi connectivity index (χ2n) is 8.96. The summed E-state index contributed by atoms with van der Waals surface area (Å²) in [5.74, 6) is 0.0397. The Labute approximate surface area is 171 Å². The maximum Gasteiger partial charge on any atom is 0.256 e. The highest BCUT2D eigenvalue weighted by Crippen LogP contribution is 2.47. The van der Waals surface area contributed by atoms with Crippen molar-refractivity contribution in [2.24, 2.45) is 5.41 Å². The molecule has 4 heteroatoms. The molecule has 0 unspecified atom stereocenters. The van der Waals surface area contributed by atoms with Crippen molar-refractivity contribution in [3.63, 3.8) is 0 Å². The molecule has 1 fully saturated rings. The van der Waals surface area contributed by atoms with Gasteiger partial charge in [0.2, 0.25) is 0 Å². The van der Waals surface area contributed by atoms with Gasteiger partial charge in [0.1, 0.15) is 5.76 Å². The third kappa shape index (κ3) is 3.22. The van der Waals surface area contributed by atoms with Crippen molar-refractivity contribution in [2.75, 3.05) is 0 Å². The van der Waals surface area contributed by atoms with Gasteiger partial charge in [-0.25, -0.2) is 0 Å². The fourth-order valence-corrected chi connectivity index (χ4v) is 4.49. The molecule has 0 bridgehead atoms. The smallest absolute Gasteiger partial charge is 0.256 e. The average Bonchev–Trinajstić information content (AvgIpc) is 2.90. The van der Waals surface area contributed by atoms with E-state index in [1.165, 1.54) is 0 Å². The molecule has 1 amide bonds. The summed E-state index contributed by atoms with van der Waals surface area (Å²) in [5.41, 5.74) is 3.86. The van der Waals surface area contributed by atoms with Gasteiger partial charge in [0.25, 0.3) is 5.91 Å². The number of aliphatic hydroxyl groups is 1. The van der Waals surface area contributed by atoms with Gasteiger partial charge < -0.3 is 10.4 Å². The maximum atomic E-state index is 12.9. The molecular weight excluding hydrogens is 370 g/mol. The second-order valence-corrected chi connectivity index (χ2v) is 9.40. The highest BCUT2D eigenvalue weighted by molar-refractivity contribution is 6.30. The Morgan fingerprint density at radius 3 is 2.21 bits per heavy atom. The summed E-state index contributed by atoms with van der Waals surface area (Å²) in [6, 6.07) is 13.7. The largest absolute Gasteiger partial charge is 0.509 e. The van der Waals surface area contributed by atoms with Gasteiger partial charge in [-0.15, -0.1) is 0 Å². The Morgan fingerprint density at radius 1 is 0.964 bits per heavy atom. The first-order valence-electron chi connectivity index (χ1n) is 9.84. The Hall–Kier alpha value is -2.26. The molecule has 2 aromatic rings. The summed E-state index contributed by atoms with van der Waals surface area (Å²) in [6.45, 7) is 6.47. The molecule has 2 aliphatic rings. The summed E-state index contributed by atoms with van der Waals surface area (Å²) in [6.07, 6.45) is 3.51. The molecular formula is C24H26ClNO2. The van der Waals surface area contributed by atoms with E-state index in [9.17, 15) is 9.90 Å². The van der Waals surface area contributed by atoms with Crippen LogP contribution >= 0.6 is 11.6 Å². The van der Waals surface area contributed by atoms with Crippen LogP contribution in [0.1, 0.15) is 50.7 Å². The first-order chi connectivity index (χ1) is 13.2. The topological polar surface area (TPSA) is 49.3 Å². The molecule has 1 saturated carbocycles. The number of carbonyl (C=O) groups excluding carboxylic acids is 1. The van der Waals surface area contributed by atoms with Crippen LogP contribution in [0.5, 0.6) is 0 Å². The second kappa shape index (κ2) is 6.66. The molecule has 0 radical (unpaired) electrons. The Balaban J connectivity index is 1.76. The predicted molar refractivity (Wildman–Crippen MR) is 114 cm³/mol. The number of hydrogen-bond acceptors (Lipinski definition) is 2. The van der Waals surface area contributed by atoms with E-state index in [2.05, 4.69) is 19.2 Å². The Kier molecular flexibility index (Phi) is 4.54. The third-order valence-corrected chi connectivity index (χ3v) is 6.66. The van der Waals surface area contributed by atoms with Gasteiger partial charge in [-0.05, 0) is 78.5 Å². The zero-order valence-electron chi connectivity index (χ0n) is 16.6. The standard InChI is InChI=1S/C24H26ClNO2/c1-15-4-5-17(16-6-8-18(25)9-7-16)14-19(15)20-21(27)24(26-22(20)28)12-10-23(2,3)11-13-24/h4-9,14,27H,10-13H2,1-3H3,(H,26,28). The molecule has 0 atom stereocenters. The minimum atomic E-state index is -0.606. The minimum Gasteiger partial charge on any atom is -0.509 e. The number of aryl methyl sites for hydroxylation is 1. The lowest BCUT2D eigenvalue weighted by Gasteiger charge is -2.41. The Bertz CT molecular complexity index is 963. The van der Waals surface area contributed by atoms with Crippen molar-refractivity contribution in [3.05, 3.63) is 64.4 Å². The van der Waals surface area contributed by atoms with Crippen molar-refractivity contribution < 1.29 is 9.90 Å². The molecule has 3 nitrogen and oxygen atoms in total. The van der Waals surface area contributed by atoms with E-state index >= 15 is 0 Å². The van der Waals surface area contributed by atoms with Crippen molar-refractivity contribution in [3.8, 4) is 11.1 Å². The average molecular weight is 396 g/mol. The first-order valence-corrected chi connectivity index (χ1v) is 10.2. The number of amides is 1. The SMILES string of the molecule is Cc1ccc(-c2ccc(Cl)cc2)cc1C1=C(O)C2(CCC(C)(C)CC2)NC1=O. The highest BCUT2D eigenvalue weighted by atomic mass is 35.5. The fourth-order valence-electron chi connectivity index (χ4n) is 4.36. The van der Waals surface area contributed by atoms with Gasteiger partial charge in [0.15, 0.2) is 0 Å². The molecule has 1 aliphatic heterocycles. The van der Waals surface area contributed by atoms with Crippen LogP contribution in [0.25, 0.3) is 16.7 Å². The fraction of sp³-hybridized carbons (Fsp3) is 0.375. The van der Waals surface area contributed by atoms with Crippen LogP contribution in [-0.4, -0.2) is 16.6 Å². The molecule has 1 heterocycles. The number of carbonyl (C=O) groups is 1. The third-order valence-electron chi connectivity index (χ3n) is 6.41. The van der Waals surface area contributed by atoms with Crippen molar-refractivity contribution in [2.45, 2.75) is 52.0 Å². The van der Waals surface area contributed by atoms with E-state index in [1.807, 2.05) is 49.4 Å². The summed E-state index contributed by atoms with van der Waals surface area (Å²) in [4.78, 5) is 12.9. The normalized spacial score (nSPS) is 20.5. The molecule has 28 heavy (non-hydrogen) atoms. The zero-order chi connectivity index (χ0) is 20.1. The lowest BCUT2D eigenvalue weighted by Crippen LogP contribution is -2.48. The van der Waals surface area contributed by atoms with Crippen molar-refractivity contribution in [1.82, 2.24) is 5.32 Å². The van der Waals surface area contributed by atoms with Gasteiger partial charge in [0, 0.05) is 5.02 Å². The van der Waals surface area contributed by atoms with Crippen LogP contribution in [0, 0.1) is 12.3 Å². The first kappa shape index (κ1) is 19.1. The minimum absolute atomic E-state index is 0.173. The summed E-state index contributed by atoms with van der Waals surface area (Å²) in [7, 11) is 0. The van der Waals surface area contributed by atoms with Crippen LogP contribution in [0.4, 0.5) is 0 Å². The zero-order valence-corrected chi connectivity index (χ0v) is 17.4. The summed E-state index contributed by atoms with van der Waals surface area (Å²) in [5, 5.41) is 15.0. The molecule has 0 saturated heterocycles. The molecule has 2 aromatic carbocycles. The van der Waals surface area contributed by atoms with Crippen LogP contribution in [0.3, 0.4) is 0 Å². The molecule has 4 rings (SSSR count). The Morgan fingerprint density at radius 2 is 1.57 bits per heavy atom. The van der Waals surface area contributed by atoms with E-state index in [1.54, 1.807) is 0 Å². The van der Waals surface area contributed by atoms with Crippen LogP contribution in [0.2, 0.25) is 5.02 Å². The number of benzene rings is 2. The number of rotatable bonds is 2. The lowest BCUT2D eigenvalue weighted by atomic mass is 9.69. The summed E-state index contributed by atoms with van der Waals surface area (Å²) < 4.78 is 0. The van der Waals surface area contributed by atoms with Gasteiger partial charge in [0.05, 0.1) is 11.1 Å². The number of halogens is 1. The molecule has 1 aliphatic carbocycles. The van der Waals surface area contributed by atoms with Crippen molar-refractivity contribution in [1.29, 1.82) is 0 Å². The predicted octanol–water partition coefficient (Wildman–Crippen LogP) is 6.05. The van der Waals surface area contributed by atoms with Gasteiger partial charge in [-0.2, -0.15) is 0 Å². The summed E-state index contributed by atoms with van der Waals surface area (Å²) >= 11 is 6.01. The van der Waals surface area contributed by atoms with Crippen LogP contribution in [-0.2, 0) is 4.79 Å². The molecule has 146 valence electrons. The van der Waals surface area contributed by atoms with Crippen molar-refractivity contribution >= 4 is 23.1 Å². The van der Waals surface area contributed by atoms with E-state index < -0.39 is 5.54 Å². The highest BCUT2D eigenvalue weighted by Gasteiger charge is 2.49. The monoisotopic (exact) mass is 395 g/mol. The maximum absolute atomic E-state index is 12.9. The lowest BCUT2D eigenvalue weighted by molar-refractivity contribution is -0.116. The van der Waals surface area contributed by atoms with Crippen LogP contribution < -0.4 is 5.32 Å². The molecule has 1 spiro atoms. The van der Waals surface area contributed by atoms with E-state index in [4.69, 9.17) is 11.6 Å². The number of nitrogens with one attached hydrogen (secondary N) is 1. The van der Waals surface area contributed by atoms with E-state index in [0.717, 1.165) is 47.9 Å². The molecule has 0 aromatic heterocycles. The van der Waals surface area contributed by atoms with E-state index in [0.29, 0.717) is 10.6 Å². The van der Waals surface area contributed by atoms with Crippen LogP contribution in [0.15, 0.2) is 48.2 Å². The number of aliphatic hydroxyl groups excluding tert-OH is 1. The quantitative estimate of drug-likeness (QED) is 0.649. The van der Waals surface area contributed by atoms with Gasteiger partial charge >= 0.3 is 0 Å². The van der Waals surface area contributed by atoms with Gasteiger partial charge in [-0.1, -0.05) is 49.7 Å². The van der Waals surface area contributed by atoms with E-state index in [-0.39, 0.29) is 17.1 Å². The molecule has 2 N–H and O–H groups in total. The number of hydrogen-bond donors (Lipinski definition) is 2. The van der Waals surface area contributed by atoms with Gasteiger partial charge in [-0.3, -0.25) is 4.79 Å².